The van der Waals surface area contributed by atoms with Gasteiger partial charge in [0, 0.05) is 31.4 Å². The van der Waals surface area contributed by atoms with Gasteiger partial charge in [0.15, 0.2) is 0 Å². The SMILES string of the molecule is CNC1CCCN(CCc2ccccn2)C1=O. The maximum absolute atomic E-state index is 12.0. The third-order valence-corrected chi connectivity index (χ3v) is 3.24. The second-order valence-corrected chi connectivity index (χ2v) is 4.38. The summed E-state index contributed by atoms with van der Waals surface area (Å²) < 4.78 is 0. The van der Waals surface area contributed by atoms with Gasteiger partial charge in [-0.2, -0.15) is 0 Å². The Morgan fingerprint density at radius 3 is 3.12 bits per heavy atom. The van der Waals surface area contributed by atoms with E-state index in [1.165, 1.54) is 0 Å². The highest BCUT2D eigenvalue weighted by Crippen LogP contribution is 2.11. The highest BCUT2D eigenvalue weighted by molar-refractivity contribution is 5.82. The van der Waals surface area contributed by atoms with Crippen molar-refractivity contribution < 1.29 is 4.79 Å². The molecule has 0 saturated carbocycles. The molecule has 1 atom stereocenters. The predicted molar refractivity (Wildman–Crippen MR) is 66.6 cm³/mol. The number of rotatable bonds is 4. The molecule has 92 valence electrons. The minimum Gasteiger partial charge on any atom is -0.341 e. The van der Waals surface area contributed by atoms with Crippen LogP contribution in [0.4, 0.5) is 0 Å². The lowest BCUT2D eigenvalue weighted by Crippen LogP contribution is -2.50. The molecule has 4 nitrogen and oxygen atoms in total. The third-order valence-electron chi connectivity index (χ3n) is 3.24. The van der Waals surface area contributed by atoms with Crippen LogP contribution in [0.5, 0.6) is 0 Å². The quantitative estimate of drug-likeness (QED) is 0.838. The van der Waals surface area contributed by atoms with Gasteiger partial charge in [-0.15, -0.1) is 0 Å². The first-order valence-electron chi connectivity index (χ1n) is 6.17. The second-order valence-electron chi connectivity index (χ2n) is 4.38. The van der Waals surface area contributed by atoms with Crippen LogP contribution in [-0.4, -0.2) is 42.0 Å². The Kier molecular flexibility index (Phi) is 4.09. The molecule has 0 bridgehead atoms. The Balaban J connectivity index is 1.88. The van der Waals surface area contributed by atoms with Crippen LogP contribution < -0.4 is 5.32 Å². The molecule has 1 unspecified atom stereocenters. The van der Waals surface area contributed by atoms with Crippen LogP contribution in [0, 0.1) is 0 Å². The van der Waals surface area contributed by atoms with E-state index in [1.54, 1.807) is 6.20 Å². The zero-order valence-corrected chi connectivity index (χ0v) is 10.2. The Hall–Kier alpha value is -1.42. The molecule has 17 heavy (non-hydrogen) atoms. The van der Waals surface area contributed by atoms with E-state index in [4.69, 9.17) is 0 Å². The summed E-state index contributed by atoms with van der Waals surface area (Å²) in [4.78, 5) is 18.2. The molecule has 1 aromatic heterocycles. The van der Waals surface area contributed by atoms with Gasteiger partial charge in [0.2, 0.25) is 5.91 Å². The molecule has 1 fully saturated rings. The molecular formula is C13H19N3O. The molecule has 1 aliphatic rings. The Bertz CT molecular complexity index is 366. The zero-order chi connectivity index (χ0) is 12.1. The minimum atomic E-state index is 0.00693. The topological polar surface area (TPSA) is 45.2 Å². The molecule has 1 N–H and O–H groups in total. The van der Waals surface area contributed by atoms with E-state index in [9.17, 15) is 4.79 Å². The maximum Gasteiger partial charge on any atom is 0.239 e. The fourth-order valence-corrected chi connectivity index (χ4v) is 2.23. The summed E-state index contributed by atoms with van der Waals surface area (Å²) in [5.41, 5.74) is 1.05. The number of likely N-dealkylation sites (N-methyl/N-ethyl adjacent to an activating group) is 1. The number of nitrogens with zero attached hydrogens (tertiary/aromatic N) is 2. The van der Waals surface area contributed by atoms with E-state index in [-0.39, 0.29) is 11.9 Å². The summed E-state index contributed by atoms with van der Waals surface area (Å²) in [5.74, 6) is 0.231. The van der Waals surface area contributed by atoms with Gasteiger partial charge in [-0.1, -0.05) is 6.07 Å². The Morgan fingerprint density at radius 2 is 2.41 bits per heavy atom. The van der Waals surface area contributed by atoms with Gasteiger partial charge in [-0.25, -0.2) is 0 Å². The number of hydrogen-bond donors (Lipinski definition) is 1. The summed E-state index contributed by atoms with van der Waals surface area (Å²) in [7, 11) is 1.85. The second kappa shape index (κ2) is 5.77. The van der Waals surface area contributed by atoms with Crippen molar-refractivity contribution in [3.05, 3.63) is 30.1 Å². The lowest BCUT2D eigenvalue weighted by Gasteiger charge is -2.32. The average molecular weight is 233 g/mol. The van der Waals surface area contributed by atoms with Gasteiger partial charge in [-0.05, 0) is 32.0 Å². The fourth-order valence-electron chi connectivity index (χ4n) is 2.23. The standard InChI is InChI=1S/C13H19N3O/c1-14-12-6-4-9-16(13(12)17)10-7-11-5-2-3-8-15-11/h2-3,5,8,12,14H,4,6-7,9-10H2,1H3. The first-order chi connectivity index (χ1) is 8.31. The lowest BCUT2D eigenvalue weighted by molar-refractivity contribution is -0.135. The van der Waals surface area contributed by atoms with Gasteiger partial charge < -0.3 is 10.2 Å². The average Bonchev–Trinajstić information content (AvgIpc) is 2.39. The van der Waals surface area contributed by atoms with Crippen molar-refractivity contribution in [3.63, 3.8) is 0 Å². The van der Waals surface area contributed by atoms with Crippen molar-refractivity contribution >= 4 is 5.91 Å². The van der Waals surface area contributed by atoms with Crippen LogP contribution in [0.2, 0.25) is 0 Å². The molecule has 2 rings (SSSR count). The highest BCUT2D eigenvalue weighted by atomic mass is 16.2. The van der Waals surface area contributed by atoms with Crippen LogP contribution >= 0.6 is 0 Å². The Labute approximate surface area is 102 Å². The van der Waals surface area contributed by atoms with Crippen molar-refractivity contribution in [3.8, 4) is 0 Å². The van der Waals surface area contributed by atoms with Crippen LogP contribution in [0.25, 0.3) is 0 Å². The van der Waals surface area contributed by atoms with E-state index in [0.29, 0.717) is 0 Å². The molecule has 4 heteroatoms. The first-order valence-corrected chi connectivity index (χ1v) is 6.17. The summed E-state index contributed by atoms with van der Waals surface area (Å²) >= 11 is 0. The normalized spacial score (nSPS) is 20.6. The molecule has 1 aromatic rings. The van der Waals surface area contributed by atoms with Crippen molar-refractivity contribution in [1.29, 1.82) is 0 Å². The van der Waals surface area contributed by atoms with Crippen LogP contribution in [0.1, 0.15) is 18.5 Å². The minimum absolute atomic E-state index is 0.00693. The zero-order valence-electron chi connectivity index (χ0n) is 10.2. The van der Waals surface area contributed by atoms with E-state index in [0.717, 1.165) is 38.0 Å². The first kappa shape index (κ1) is 12.0. The van der Waals surface area contributed by atoms with Crippen molar-refractivity contribution in [1.82, 2.24) is 15.2 Å². The molecule has 0 spiro atoms. The van der Waals surface area contributed by atoms with Gasteiger partial charge in [0.1, 0.15) is 0 Å². The monoisotopic (exact) mass is 233 g/mol. The van der Waals surface area contributed by atoms with Crippen LogP contribution in [-0.2, 0) is 11.2 Å². The number of piperidine rings is 1. The maximum atomic E-state index is 12.0. The largest absolute Gasteiger partial charge is 0.341 e. The molecule has 0 aliphatic carbocycles. The number of hydrogen-bond acceptors (Lipinski definition) is 3. The molecule has 2 heterocycles. The highest BCUT2D eigenvalue weighted by Gasteiger charge is 2.26. The molecule has 1 saturated heterocycles. The number of nitrogens with one attached hydrogen (secondary N) is 1. The summed E-state index contributed by atoms with van der Waals surface area (Å²) in [6.45, 7) is 1.65. The Morgan fingerprint density at radius 1 is 1.53 bits per heavy atom. The van der Waals surface area contributed by atoms with E-state index < -0.39 is 0 Å². The summed E-state index contributed by atoms with van der Waals surface area (Å²) in [5, 5.41) is 3.08. The molecule has 1 amide bonds. The van der Waals surface area contributed by atoms with Gasteiger partial charge in [-0.3, -0.25) is 9.78 Å². The van der Waals surface area contributed by atoms with Crippen LogP contribution in [0.15, 0.2) is 24.4 Å². The van der Waals surface area contributed by atoms with E-state index >= 15 is 0 Å². The van der Waals surface area contributed by atoms with Crippen molar-refractivity contribution in [2.24, 2.45) is 0 Å². The van der Waals surface area contributed by atoms with Gasteiger partial charge in [0.25, 0.3) is 0 Å². The number of pyridine rings is 1. The number of aromatic nitrogens is 1. The number of carbonyl (C=O) groups is 1. The third kappa shape index (κ3) is 3.03. The van der Waals surface area contributed by atoms with Crippen molar-refractivity contribution in [2.45, 2.75) is 25.3 Å². The number of likely N-dealkylation sites (tertiary alicyclic amines) is 1. The van der Waals surface area contributed by atoms with Gasteiger partial charge in [0.05, 0.1) is 6.04 Å². The molecule has 0 aromatic carbocycles. The van der Waals surface area contributed by atoms with Gasteiger partial charge >= 0.3 is 0 Å². The smallest absolute Gasteiger partial charge is 0.239 e. The molecular weight excluding hydrogens is 214 g/mol. The molecule has 1 aliphatic heterocycles. The molecule has 0 radical (unpaired) electrons. The lowest BCUT2D eigenvalue weighted by atomic mass is 10.0. The van der Waals surface area contributed by atoms with E-state index in [1.807, 2.05) is 30.1 Å². The van der Waals surface area contributed by atoms with Crippen molar-refractivity contribution in [2.75, 3.05) is 20.1 Å². The predicted octanol–water partition coefficient (Wildman–Crippen LogP) is 0.834. The number of carbonyl (C=O) groups excluding carboxylic acids is 1. The van der Waals surface area contributed by atoms with E-state index in [2.05, 4.69) is 10.3 Å². The number of amides is 1. The summed E-state index contributed by atoms with van der Waals surface area (Å²) in [6, 6.07) is 5.90. The fraction of sp³-hybridized carbons (Fsp3) is 0.538. The summed E-state index contributed by atoms with van der Waals surface area (Å²) in [6.07, 6.45) is 4.67. The van der Waals surface area contributed by atoms with Crippen LogP contribution in [0.3, 0.4) is 0 Å².